The van der Waals surface area contributed by atoms with E-state index in [0.717, 1.165) is 47.3 Å². The highest BCUT2D eigenvalue weighted by atomic mass is 35.5. The van der Waals surface area contributed by atoms with Gasteiger partial charge in [-0.2, -0.15) is 0 Å². The van der Waals surface area contributed by atoms with Crippen molar-refractivity contribution in [2.24, 2.45) is 0 Å². The molecule has 1 aliphatic rings. The van der Waals surface area contributed by atoms with Crippen LogP contribution in [-0.2, 0) is 13.0 Å². The minimum absolute atomic E-state index is 0.719. The molecule has 3 rings (SSSR count). The monoisotopic (exact) mass is 288 g/mol. The van der Waals surface area contributed by atoms with Crippen LogP contribution in [0.5, 0.6) is 5.75 Å². The lowest BCUT2D eigenvalue weighted by atomic mass is 10.1. The summed E-state index contributed by atoms with van der Waals surface area (Å²) in [6.45, 7) is 1.46. The van der Waals surface area contributed by atoms with Crippen molar-refractivity contribution in [3.8, 4) is 5.75 Å². The summed E-state index contributed by atoms with van der Waals surface area (Å²) < 4.78 is 5.74. The lowest BCUT2D eigenvalue weighted by Crippen LogP contribution is -2.18. The average Bonchev–Trinajstić information content (AvgIpc) is 2.87. The zero-order chi connectivity index (χ0) is 14.1. The number of fused-ring (bicyclic) bond motifs is 1. The Bertz CT molecular complexity index is 642. The summed E-state index contributed by atoms with van der Waals surface area (Å²) in [6.07, 6.45) is 0.931. The summed E-state index contributed by atoms with van der Waals surface area (Å²) in [5.74, 6) is 0.982. The van der Waals surface area contributed by atoms with Gasteiger partial charge in [-0.15, -0.1) is 0 Å². The lowest BCUT2D eigenvalue weighted by Gasteiger charge is -2.22. The second kappa shape index (κ2) is 5.25. The molecule has 0 amide bonds. The number of nitrogens with zero attached hydrogens (tertiary/aromatic N) is 1. The van der Waals surface area contributed by atoms with Crippen LogP contribution < -0.4 is 15.4 Å². The molecule has 0 aromatic heterocycles. The number of benzene rings is 2. The van der Waals surface area contributed by atoms with Crippen LogP contribution in [-0.4, -0.2) is 13.7 Å². The Kier molecular flexibility index (Phi) is 3.45. The van der Waals surface area contributed by atoms with Gasteiger partial charge in [-0.25, -0.2) is 0 Å². The molecule has 0 saturated heterocycles. The molecule has 0 unspecified atom stereocenters. The topological polar surface area (TPSA) is 38.5 Å². The number of halogens is 1. The van der Waals surface area contributed by atoms with E-state index in [9.17, 15) is 0 Å². The third kappa shape index (κ3) is 2.41. The molecule has 0 spiro atoms. The van der Waals surface area contributed by atoms with E-state index in [1.807, 2.05) is 43.4 Å². The van der Waals surface area contributed by atoms with Crippen molar-refractivity contribution in [2.75, 3.05) is 24.3 Å². The van der Waals surface area contributed by atoms with Crippen LogP contribution in [0.4, 0.5) is 11.4 Å². The minimum Gasteiger partial charge on any atom is -0.493 e. The van der Waals surface area contributed by atoms with E-state index in [2.05, 4.69) is 4.90 Å². The van der Waals surface area contributed by atoms with Gasteiger partial charge in [0.1, 0.15) is 5.75 Å². The normalized spacial score (nSPS) is 12.9. The van der Waals surface area contributed by atoms with Crippen molar-refractivity contribution >= 4 is 23.0 Å². The third-order valence-electron chi connectivity index (χ3n) is 3.58. The molecule has 1 heterocycles. The van der Waals surface area contributed by atoms with Crippen LogP contribution in [0.1, 0.15) is 11.1 Å². The van der Waals surface area contributed by atoms with Crippen molar-refractivity contribution in [3.05, 3.63) is 52.5 Å². The molecule has 3 nitrogen and oxygen atoms in total. The highest BCUT2D eigenvalue weighted by Gasteiger charge is 2.19. The molecule has 0 radical (unpaired) electrons. The van der Waals surface area contributed by atoms with Gasteiger partial charge in [-0.3, -0.25) is 0 Å². The summed E-state index contributed by atoms with van der Waals surface area (Å²) in [4.78, 5) is 2.11. The van der Waals surface area contributed by atoms with Crippen LogP contribution in [0.25, 0.3) is 0 Å². The van der Waals surface area contributed by atoms with Gasteiger partial charge in [-0.05, 0) is 29.8 Å². The van der Waals surface area contributed by atoms with Crippen molar-refractivity contribution in [3.63, 3.8) is 0 Å². The molecule has 0 bridgehead atoms. The summed E-state index contributed by atoms with van der Waals surface area (Å²) >= 11 is 6.19. The molecule has 2 aromatic rings. The summed E-state index contributed by atoms with van der Waals surface area (Å²) in [5.41, 5.74) is 10.1. The Morgan fingerprint density at radius 1 is 1.30 bits per heavy atom. The van der Waals surface area contributed by atoms with E-state index in [1.54, 1.807) is 0 Å². The number of para-hydroxylation sites is 2. The van der Waals surface area contributed by atoms with Gasteiger partial charge in [0.05, 0.1) is 18.0 Å². The van der Waals surface area contributed by atoms with Crippen molar-refractivity contribution in [1.82, 2.24) is 0 Å². The van der Waals surface area contributed by atoms with Gasteiger partial charge in [0.25, 0.3) is 0 Å². The Morgan fingerprint density at radius 2 is 2.10 bits per heavy atom. The second-order valence-electron chi connectivity index (χ2n) is 5.07. The fourth-order valence-electron chi connectivity index (χ4n) is 2.64. The Morgan fingerprint density at radius 3 is 2.90 bits per heavy atom. The maximum atomic E-state index is 6.19. The first-order valence-electron chi connectivity index (χ1n) is 6.65. The van der Waals surface area contributed by atoms with Crippen molar-refractivity contribution < 1.29 is 4.74 Å². The first-order chi connectivity index (χ1) is 9.65. The number of nitrogens with two attached hydrogens (primary N) is 1. The molecule has 1 aliphatic heterocycles. The van der Waals surface area contributed by atoms with E-state index in [1.165, 1.54) is 5.56 Å². The predicted octanol–water partition coefficient (Wildman–Crippen LogP) is 3.49. The van der Waals surface area contributed by atoms with Gasteiger partial charge in [0, 0.05) is 30.6 Å². The molecular weight excluding hydrogens is 272 g/mol. The number of hydrogen-bond acceptors (Lipinski definition) is 3. The number of rotatable bonds is 3. The Balaban J connectivity index is 1.90. The highest BCUT2D eigenvalue weighted by Crippen LogP contribution is 2.34. The van der Waals surface area contributed by atoms with Gasteiger partial charge in [-0.1, -0.05) is 23.7 Å². The number of nitrogen functional groups attached to an aromatic ring is 1. The quantitative estimate of drug-likeness (QED) is 0.879. The molecule has 0 saturated carbocycles. The third-order valence-corrected chi connectivity index (χ3v) is 3.80. The highest BCUT2D eigenvalue weighted by molar-refractivity contribution is 6.30. The lowest BCUT2D eigenvalue weighted by molar-refractivity contribution is 0.353. The Hall–Kier alpha value is -1.87. The number of anilines is 2. The summed E-state index contributed by atoms with van der Waals surface area (Å²) in [7, 11) is 2.02. The molecule has 0 atom stereocenters. The largest absolute Gasteiger partial charge is 0.493 e. The average molecular weight is 289 g/mol. The standard InChI is InChI=1S/C16H17ClN2O/c1-19(15-5-3-2-4-14(15)18)10-12-9-13(17)8-11-6-7-20-16(11)12/h2-5,8-9H,6-7,10,18H2,1H3. The van der Waals surface area contributed by atoms with Crippen LogP contribution >= 0.6 is 11.6 Å². The van der Waals surface area contributed by atoms with Gasteiger partial charge >= 0.3 is 0 Å². The van der Waals surface area contributed by atoms with Crippen molar-refractivity contribution in [2.45, 2.75) is 13.0 Å². The number of hydrogen-bond donors (Lipinski definition) is 1. The van der Waals surface area contributed by atoms with Gasteiger partial charge < -0.3 is 15.4 Å². The Labute approximate surface area is 123 Å². The molecule has 0 aliphatic carbocycles. The predicted molar refractivity (Wildman–Crippen MR) is 83.6 cm³/mol. The minimum atomic E-state index is 0.719. The first kappa shape index (κ1) is 13.1. The van der Waals surface area contributed by atoms with Gasteiger partial charge in [0.2, 0.25) is 0 Å². The molecular formula is C16H17ClN2O. The van der Waals surface area contributed by atoms with Crippen LogP contribution in [0.3, 0.4) is 0 Å². The van der Waals surface area contributed by atoms with Crippen LogP contribution in [0.2, 0.25) is 5.02 Å². The summed E-state index contributed by atoms with van der Waals surface area (Å²) in [5, 5.41) is 0.763. The fourth-order valence-corrected chi connectivity index (χ4v) is 2.90. The number of ether oxygens (including phenoxy) is 1. The maximum Gasteiger partial charge on any atom is 0.127 e. The molecule has 20 heavy (non-hydrogen) atoms. The van der Waals surface area contributed by atoms with E-state index in [-0.39, 0.29) is 0 Å². The SMILES string of the molecule is CN(Cc1cc(Cl)cc2c1OCC2)c1ccccc1N. The van der Waals surface area contributed by atoms with Gasteiger partial charge in [0.15, 0.2) is 0 Å². The smallest absolute Gasteiger partial charge is 0.127 e. The van der Waals surface area contributed by atoms with E-state index in [4.69, 9.17) is 22.1 Å². The van der Waals surface area contributed by atoms with Crippen LogP contribution in [0.15, 0.2) is 36.4 Å². The van der Waals surface area contributed by atoms with E-state index >= 15 is 0 Å². The molecule has 4 heteroatoms. The summed E-state index contributed by atoms with van der Waals surface area (Å²) in [6, 6.07) is 11.8. The van der Waals surface area contributed by atoms with E-state index < -0.39 is 0 Å². The van der Waals surface area contributed by atoms with Crippen molar-refractivity contribution in [1.29, 1.82) is 0 Å². The maximum absolute atomic E-state index is 6.19. The fraction of sp³-hybridized carbons (Fsp3) is 0.250. The zero-order valence-corrected chi connectivity index (χ0v) is 12.2. The molecule has 2 aromatic carbocycles. The van der Waals surface area contributed by atoms with E-state index in [0.29, 0.717) is 0 Å². The second-order valence-corrected chi connectivity index (χ2v) is 5.50. The molecule has 2 N–H and O–H groups in total. The molecule has 104 valence electrons. The molecule has 0 fully saturated rings. The first-order valence-corrected chi connectivity index (χ1v) is 7.02. The van der Waals surface area contributed by atoms with Crippen LogP contribution in [0, 0.1) is 0 Å². The zero-order valence-electron chi connectivity index (χ0n) is 11.4.